The van der Waals surface area contributed by atoms with E-state index >= 15 is 0 Å². The van der Waals surface area contributed by atoms with Gasteiger partial charge < -0.3 is 10.6 Å². The zero-order chi connectivity index (χ0) is 13.4. The number of carbonyl (C=O) groups is 1. The molecule has 0 fully saturated rings. The van der Waals surface area contributed by atoms with Crippen molar-refractivity contribution in [2.45, 2.75) is 26.1 Å². The Morgan fingerprint density at radius 2 is 2.21 bits per heavy atom. The molecule has 19 heavy (non-hydrogen) atoms. The van der Waals surface area contributed by atoms with Gasteiger partial charge in [0.15, 0.2) is 11.2 Å². The second-order valence-corrected chi connectivity index (χ2v) is 5.77. The van der Waals surface area contributed by atoms with E-state index in [4.69, 9.17) is 0 Å². The van der Waals surface area contributed by atoms with Crippen LogP contribution in [0.4, 0.5) is 5.69 Å². The molecule has 2 aliphatic heterocycles. The molecular formula is C13H16N4OS. The van der Waals surface area contributed by atoms with Crippen LogP contribution in [-0.2, 0) is 4.79 Å². The molecule has 3 rings (SSSR count). The Kier molecular flexibility index (Phi) is 3.10. The summed E-state index contributed by atoms with van der Waals surface area (Å²) in [5.74, 6) is 0.877. The first-order valence-corrected chi connectivity index (χ1v) is 7.35. The van der Waals surface area contributed by atoms with E-state index in [0.717, 1.165) is 17.0 Å². The molecule has 2 N–H and O–H groups in total. The van der Waals surface area contributed by atoms with Gasteiger partial charge in [-0.15, -0.1) is 5.10 Å². The fraction of sp³-hybridized carbons (Fsp3) is 0.385. The normalized spacial score (nSPS) is 24.8. The molecule has 6 heteroatoms. The summed E-state index contributed by atoms with van der Waals surface area (Å²) in [6, 6.07) is 7.54. The van der Waals surface area contributed by atoms with Gasteiger partial charge in [0, 0.05) is 11.3 Å². The van der Waals surface area contributed by atoms with Crippen LogP contribution in [0.5, 0.6) is 0 Å². The second-order valence-electron chi connectivity index (χ2n) is 4.52. The minimum absolute atomic E-state index is 0.00148. The maximum atomic E-state index is 12.3. The Hall–Kier alpha value is -1.69. The van der Waals surface area contributed by atoms with Crippen molar-refractivity contribution in [3.05, 3.63) is 29.8 Å². The topological polar surface area (TPSA) is 56.7 Å². The average molecular weight is 276 g/mol. The van der Waals surface area contributed by atoms with Crippen LogP contribution >= 0.6 is 11.8 Å². The Morgan fingerprint density at radius 3 is 3.00 bits per heavy atom. The number of para-hydroxylation sites is 1. The van der Waals surface area contributed by atoms with E-state index in [1.807, 2.05) is 43.1 Å². The Labute approximate surface area is 116 Å². The molecule has 5 nitrogen and oxygen atoms in total. The number of benzene rings is 1. The highest BCUT2D eigenvalue weighted by Crippen LogP contribution is 2.36. The van der Waals surface area contributed by atoms with E-state index in [-0.39, 0.29) is 18.1 Å². The number of amidine groups is 1. The fourth-order valence-electron chi connectivity index (χ4n) is 2.44. The Bertz CT molecular complexity index is 545. The van der Waals surface area contributed by atoms with Crippen LogP contribution in [0.2, 0.25) is 0 Å². The van der Waals surface area contributed by atoms with Gasteiger partial charge in [0.1, 0.15) is 6.17 Å². The molecule has 2 heterocycles. The molecule has 0 saturated heterocycles. The third-order valence-electron chi connectivity index (χ3n) is 3.25. The highest BCUT2D eigenvalue weighted by atomic mass is 32.2. The smallest absolute Gasteiger partial charge is 0.255 e. The molecule has 0 radical (unpaired) electrons. The van der Waals surface area contributed by atoms with Gasteiger partial charge in [-0.1, -0.05) is 36.9 Å². The van der Waals surface area contributed by atoms with Crippen LogP contribution in [0.1, 0.15) is 25.5 Å². The number of anilines is 1. The summed E-state index contributed by atoms with van der Waals surface area (Å²) in [5, 5.41) is 13.3. The molecule has 100 valence electrons. The molecule has 1 aromatic rings. The van der Waals surface area contributed by atoms with Crippen LogP contribution in [0.15, 0.2) is 29.4 Å². The summed E-state index contributed by atoms with van der Waals surface area (Å²) >= 11 is 1.54. The van der Waals surface area contributed by atoms with E-state index in [9.17, 15) is 4.79 Å². The first-order valence-electron chi connectivity index (χ1n) is 6.36. The lowest BCUT2D eigenvalue weighted by molar-refractivity contribution is -0.127. The van der Waals surface area contributed by atoms with Crippen molar-refractivity contribution < 1.29 is 4.79 Å². The molecule has 2 aliphatic rings. The zero-order valence-corrected chi connectivity index (χ0v) is 11.7. The van der Waals surface area contributed by atoms with Crippen LogP contribution in [0.3, 0.4) is 0 Å². The minimum Gasteiger partial charge on any atom is -0.364 e. The highest BCUT2D eigenvalue weighted by molar-refractivity contribution is 8.13. The molecule has 2 atom stereocenters. The molecule has 1 amide bonds. The molecule has 0 unspecified atom stereocenters. The summed E-state index contributed by atoms with van der Waals surface area (Å²) in [7, 11) is 0. The number of nitrogens with zero attached hydrogens (tertiary/aromatic N) is 2. The van der Waals surface area contributed by atoms with E-state index in [2.05, 4.69) is 15.7 Å². The Balaban J connectivity index is 2.02. The number of hydrogen-bond acceptors (Lipinski definition) is 5. The van der Waals surface area contributed by atoms with Crippen molar-refractivity contribution in [2.24, 2.45) is 5.10 Å². The van der Waals surface area contributed by atoms with Gasteiger partial charge in [0.05, 0.1) is 0 Å². The van der Waals surface area contributed by atoms with E-state index < -0.39 is 0 Å². The second kappa shape index (κ2) is 4.77. The first-order chi connectivity index (χ1) is 9.20. The number of amides is 1. The van der Waals surface area contributed by atoms with Crippen molar-refractivity contribution in [1.82, 2.24) is 10.3 Å². The zero-order valence-electron chi connectivity index (χ0n) is 10.9. The summed E-state index contributed by atoms with van der Waals surface area (Å²) in [5.41, 5.74) is 1.98. The summed E-state index contributed by atoms with van der Waals surface area (Å²) in [4.78, 5) is 12.3. The third-order valence-corrected chi connectivity index (χ3v) is 3.99. The number of rotatable bonds is 1. The summed E-state index contributed by atoms with van der Waals surface area (Å²) < 4.78 is 0. The van der Waals surface area contributed by atoms with E-state index in [1.54, 1.807) is 11.8 Å². The SMILES string of the molecule is CCSC1=NN2[C@H](C)Nc3ccccc3[C@@H]2C(=O)N1. The number of carbonyl (C=O) groups excluding carboxylic acids is 1. The van der Waals surface area contributed by atoms with Crippen LogP contribution in [0, 0.1) is 0 Å². The lowest BCUT2D eigenvalue weighted by Crippen LogP contribution is -2.53. The van der Waals surface area contributed by atoms with Gasteiger partial charge in [0.2, 0.25) is 0 Å². The lowest BCUT2D eigenvalue weighted by atomic mass is 10.00. The number of hydrogen-bond donors (Lipinski definition) is 2. The van der Waals surface area contributed by atoms with Gasteiger partial charge in [-0.05, 0) is 18.7 Å². The number of fused-ring (bicyclic) bond motifs is 3. The Morgan fingerprint density at radius 1 is 1.42 bits per heavy atom. The molecule has 0 aliphatic carbocycles. The van der Waals surface area contributed by atoms with Crippen molar-refractivity contribution in [1.29, 1.82) is 0 Å². The summed E-state index contributed by atoms with van der Waals surface area (Å²) in [6.45, 7) is 4.05. The van der Waals surface area contributed by atoms with Gasteiger partial charge >= 0.3 is 0 Å². The predicted octanol–water partition coefficient (Wildman–Crippen LogP) is 1.96. The van der Waals surface area contributed by atoms with Crippen LogP contribution in [-0.4, -0.2) is 28.0 Å². The number of thioether (sulfide) groups is 1. The molecule has 0 aromatic heterocycles. The van der Waals surface area contributed by atoms with E-state index in [0.29, 0.717) is 5.17 Å². The standard InChI is InChI=1S/C13H16N4OS/c1-3-19-13-15-12(18)11-9-6-4-5-7-10(9)14-8(2)17(11)16-13/h4-8,11,14H,3H2,1-2H3,(H,15,16,18)/t8-,11-/m1/s1. The lowest BCUT2D eigenvalue weighted by Gasteiger charge is -2.42. The molecular weight excluding hydrogens is 260 g/mol. The molecule has 0 bridgehead atoms. The molecule has 0 spiro atoms. The van der Waals surface area contributed by atoms with Gasteiger partial charge in [-0.3, -0.25) is 9.80 Å². The summed E-state index contributed by atoms with van der Waals surface area (Å²) in [6.07, 6.45) is -0.00148. The van der Waals surface area contributed by atoms with Crippen LogP contribution < -0.4 is 10.6 Å². The number of hydrazone groups is 1. The maximum absolute atomic E-state index is 12.3. The van der Waals surface area contributed by atoms with Crippen molar-refractivity contribution in [3.8, 4) is 0 Å². The maximum Gasteiger partial charge on any atom is 0.255 e. The van der Waals surface area contributed by atoms with Gasteiger partial charge in [0.25, 0.3) is 5.91 Å². The fourth-order valence-corrected chi connectivity index (χ4v) is 3.03. The monoisotopic (exact) mass is 276 g/mol. The molecule has 0 saturated carbocycles. The van der Waals surface area contributed by atoms with Crippen molar-refractivity contribution >= 4 is 28.5 Å². The van der Waals surface area contributed by atoms with Gasteiger partial charge in [-0.25, -0.2) is 0 Å². The van der Waals surface area contributed by atoms with Crippen molar-refractivity contribution in [3.63, 3.8) is 0 Å². The quantitative estimate of drug-likeness (QED) is 0.823. The van der Waals surface area contributed by atoms with Gasteiger partial charge in [-0.2, -0.15) is 0 Å². The van der Waals surface area contributed by atoms with Crippen molar-refractivity contribution in [2.75, 3.05) is 11.1 Å². The highest BCUT2D eigenvalue weighted by Gasteiger charge is 2.39. The van der Waals surface area contributed by atoms with E-state index in [1.165, 1.54) is 0 Å². The predicted molar refractivity (Wildman–Crippen MR) is 77.8 cm³/mol. The number of nitrogens with one attached hydrogen (secondary N) is 2. The average Bonchev–Trinajstić information content (AvgIpc) is 2.39. The van der Waals surface area contributed by atoms with Crippen LogP contribution in [0.25, 0.3) is 0 Å². The third kappa shape index (κ3) is 2.06. The largest absolute Gasteiger partial charge is 0.364 e. The first kappa shape index (κ1) is 12.3. The molecule has 1 aromatic carbocycles. The minimum atomic E-state index is -0.339.